The Morgan fingerprint density at radius 3 is 2.93 bits per heavy atom. The molecule has 1 heterocycles. The summed E-state index contributed by atoms with van der Waals surface area (Å²) in [5.41, 5.74) is 0.939. The molecule has 1 aliphatic rings. The molecule has 1 atom stereocenters. The summed E-state index contributed by atoms with van der Waals surface area (Å²) in [5, 5.41) is 2.61. The highest BCUT2D eigenvalue weighted by molar-refractivity contribution is 9.10. The smallest absolute Gasteiger partial charge is 0.407 e. The van der Waals surface area contributed by atoms with Crippen molar-refractivity contribution in [3.05, 3.63) is 28.2 Å². The molecule has 0 spiro atoms. The molecule has 2 rings (SSSR count). The first kappa shape index (κ1) is 10.3. The van der Waals surface area contributed by atoms with Crippen molar-refractivity contribution in [1.29, 1.82) is 0 Å². The quantitative estimate of drug-likeness (QED) is 0.898. The second-order valence-corrected chi connectivity index (χ2v) is 4.02. The van der Waals surface area contributed by atoms with E-state index < -0.39 is 0 Å². The molecule has 0 aromatic heterocycles. The third-order valence-corrected chi connectivity index (χ3v) is 2.92. The maximum absolute atomic E-state index is 10.9. The Morgan fingerprint density at radius 2 is 2.40 bits per heavy atom. The van der Waals surface area contributed by atoms with Crippen LogP contribution in [0.3, 0.4) is 0 Å². The largest absolute Gasteiger partial charge is 0.497 e. The molecule has 1 aromatic carbocycles. The number of hydrogen-bond donors (Lipinski definition) is 1. The molecule has 4 nitrogen and oxygen atoms in total. The van der Waals surface area contributed by atoms with Crippen molar-refractivity contribution in [1.82, 2.24) is 5.32 Å². The van der Waals surface area contributed by atoms with Gasteiger partial charge in [0.05, 0.1) is 13.7 Å². The van der Waals surface area contributed by atoms with Gasteiger partial charge in [0.25, 0.3) is 0 Å². The minimum atomic E-state index is -0.372. The Kier molecular flexibility index (Phi) is 2.81. The van der Waals surface area contributed by atoms with Gasteiger partial charge in [0.1, 0.15) is 11.9 Å². The Labute approximate surface area is 95.7 Å². The van der Waals surface area contributed by atoms with E-state index in [2.05, 4.69) is 21.2 Å². The molecule has 1 saturated heterocycles. The van der Waals surface area contributed by atoms with Crippen LogP contribution in [0.2, 0.25) is 0 Å². The normalized spacial score (nSPS) is 19.6. The number of nitrogens with one attached hydrogen (secondary N) is 1. The lowest BCUT2D eigenvalue weighted by Gasteiger charge is -2.11. The predicted octanol–water partition coefficient (Wildman–Crippen LogP) is 2.24. The average molecular weight is 272 g/mol. The van der Waals surface area contributed by atoms with Gasteiger partial charge in [0.15, 0.2) is 0 Å². The summed E-state index contributed by atoms with van der Waals surface area (Å²) in [4.78, 5) is 10.9. The second-order valence-electron chi connectivity index (χ2n) is 3.16. The van der Waals surface area contributed by atoms with Gasteiger partial charge in [-0.2, -0.15) is 0 Å². The van der Waals surface area contributed by atoms with E-state index in [1.807, 2.05) is 18.2 Å². The Hall–Kier alpha value is -1.23. The van der Waals surface area contributed by atoms with Gasteiger partial charge in [0, 0.05) is 10.0 Å². The number of hydrogen-bond acceptors (Lipinski definition) is 3. The van der Waals surface area contributed by atoms with Gasteiger partial charge in [0.2, 0.25) is 0 Å². The van der Waals surface area contributed by atoms with Crippen molar-refractivity contribution >= 4 is 22.0 Å². The SMILES string of the molecule is COc1ccc(C2CNC(=O)O2)c(Br)c1. The summed E-state index contributed by atoms with van der Waals surface area (Å²) in [6.07, 6.45) is -0.597. The van der Waals surface area contributed by atoms with Crippen LogP contribution in [0.4, 0.5) is 4.79 Å². The number of methoxy groups -OCH3 is 1. The molecule has 5 heteroatoms. The molecule has 1 aliphatic heterocycles. The summed E-state index contributed by atoms with van der Waals surface area (Å²) in [5.74, 6) is 0.767. The predicted molar refractivity (Wildman–Crippen MR) is 57.9 cm³/mol. The minimum absolute atomic E-state index is 0.224. The molecule has 1 unspecified atom stereocenters. The van der Waals surface area contributed by atoms with Gasteiger partial charge in [-0.25, -0.2) is 4.79 Å². The molecule has 0 saturated carbocycles. The number of rotatable bonds is 2. The Bertz CT molecular complexity index is 394. The third kappa shape index (κ3) is 2.07. The number of amides is 1. The fraction of sp³-hybridized carbons (Fsp3) is 0.300. The minimum Gasteiger partial charge on any atom is -0.497 e. The maximum atomic E-state index is 10.9. The standard InChI is InChI=1S/C10H10BrNO3/c1-14-6-2-3-7(8(11)4-6)9-5-12-10(13)15-9/h2-4,9H,5H2,1H3,(H,12,13). The van der Waals surface area contributed by atoms with Gasteiger partial charge in [-0.15, -0.1) is 0 Å². The zero-order chi connectivity index (χ0) is 10.8. The highest BCUT2D eigenvalue weighted by Gasteiger charge is 2.25. The van der Waals surface area contributed by atoms with Crippen LogP contribution >= 0.6 is 15.9 Å². The number of benzene rings is 1. The van der Waals surface area contributed by atoms with E-state index in [1.54, 1.807) is 7.11 Å². The molecule has 80 valence electrons. The lowest BCUT2D eigenvalue weighted by atomic mass is 10.1. The number of carbonyl (C=O) groups excluding carboxylic acids is 1. The summed E-state index contributed by atoms with van der Waals surface area (Å²) in [6, 6.07) is 5.57. The summed E-state index contributed by atoms with van der Waals surface area (Å²) >= 11 is 3.42. The van der Waals surface area contributed by atoms with Gasteiger partial charge in [-0.05, 0) is 12.1 Å². The molecule has 1 aromatic rings. The monoisotopic (exact) mass is 271 g/mol. The van der Waals surface area contributed by atoms with Crippen molar-refractivity contribution in [2.75, 3.05) is 13.7 Å². The molecular weight excluding hydrogens is 262 g/mol. The van der Waals surface area contributed by atoms with E-state index >= 15 is 0 Å². The molecule has 0 radical (unpaired) electrons. The molecule has 1 amide bonds. The van der Waals surface area contributed by atoms with E-state index in [0.717, 1.165) is 15.8 Å². The first-order chi connectivity index (χ1) is 7.20. The lowest BCUT2D eigenvalue weighted by molar-refractivity contribution is 0.141. The van der Waals surface area contributed by atoms with Crippen molar-refractivity contribution in [2.45, 2.75) is 6.10 Å². The van der Waals surface area contributed by atoms with Crippen LogP contribution in [0, 0.1) is 0 Å². The topological polar surface area (TPSA) is 47.6 Å². The van der Waals surface area contributed by atoms with Crippen LogP contribution in [0.1, 0.15) is 11.7 Å². The summed E-state index contributed by atoms with van der Waals surface area (Å²) in [6.45, 7) is 0.504. The van der Waals surface area contributed by atoms with Crippen LogP contribution in [0.25, 0.3) is 0 Å². The summed E-state index contributed by atoms with van der Waals surface area (Å²) in [7, 11) is 1.61. The van der Waals surface area contributed by atoms with Gasteiger partial charge in [-0.1, -0.05) is 22.0 Å². The Balaban J connectivity index is 2.25. The van der Waals surface area contributed by atoms with Gasteiger partial charge < -0.3 is 14.8 Å². The Morgan fingerprint density at radius 1 is 1.60 bits per heavy atom. The maximum Gasteiger partial charge on any atom is 0.407 e. The lowest BCUT2D eigenvalue weighted by Crippen LogP contribution is -2.12. The van der Waals surface area contributed by atoms with Crippen molar-refractivity contribution < 1.29 is 14.3 Å². The number of carbonyl (C=O) groups is 1. The van der Waals surface area contributed by atoms with Crippen molar-refractivity contribution in [2.24, 2.45) is 0 Å². The van der Waals surface area contributed by atoms with Crippen molar-refractivity contribution in [3.8, 4) is 5.75 Å². The number of halogens is 1. The molecule has 0 bridgehead atoms. The fourth-order valence-corrected chi connectivity index (χ4v) is 2.07. The van der Waals surface area contributed by atoms with E-state index in [-0.39, 0.29) is 12.2 Å². The second kappa shape index (κ2) is 4.10. The molecule has 15 heavy (non-hydrogen) atoms. The zero-order valence-electron chi connectivity index (χ0n) is 8.12. The van der Waals surface area contributed by atoms with Gasteiger partial charge >= 0.3 is 6.09 Å². The van der Waals surface area contributed by atoms with Gasteiger partial charge in [-0.3, -0.25) is 0 Å². The molecule has 0 aliphatic carbocycles. The number of cyclic esters (lactones) is 1. The third-order valence-electron chi connectivity index (χ3n) is 2.24. The molecule has 1 N–H and O–H groups in total. The van der Waals surface area contributed by atoms with Crippen molar-refractivity contribution in [3.63, 3.8) is 0 Å². The molecular formula is C10H10BrNO3. The number of ether oxygens (including phenoxy) is 2. The van der Waals surface area contributed by atoms with E-state index in [0.29, 0.717) is 6.54 Å². The van der Waals surface area contributed by atoms with Crippen LogP contribution < -0.4 is 10.1 Å². The fourth-order valence-electron chi connectivity index (χ4n) is 1.46. The van der Waals surface area contributed by atoms with E-state index in [4.69, 9.17) is 9.47 Å². The highest BCUT2D eigenvalue weighted by atomic mass is 79.9. The van der Waals surface area contributed by atoms with Crippen LogP contribution in [-0.2, 0) is 4.74 Å². The van der Waals surface area contributed by atoms with Crippen LogP contribution in [0.15, 0.2) is 22.7 Å². The van der Waals surface area contributed by atoms with E-state index in [9.17, 15) is 4.79 Å². The zero-order valence-corrected chi connectivity index (χ0v) is 9.71. The average Bonchev–Trinajstić information content (AvgIpc) is 2.64. The van der Waals surface area contributed by atoms with Crippen LogP contribution in [0.5, 0.6) is 5.75 Å². The molecule has 1 fully saturated rings. The van der Waals surface area contributed by atoms with E-state index in [1.165, 1.54) is 0 Å². The highest BCUT2D eigenvalue weighted by Crippen LogP contribution is 2.30. The first-order valence-corrected chi connectivity index (χ1v) is 5.28. The first-order valence-electron chi connectivity index (χ1n) is 4.48. The summed E-state index contributed by atoms with van der Waals surface area (Å²) < 4.78 is 11.0. The number of alkyl carbamates (subject to hydrolysis) is 1. The van der Waals surface area contributed by atoms with Crippen LogP contribution in [-0.4, -0.2) is 19.7 Å².